The lowest BCUT2D eigenvalue weighted by molar-refractivity contribution is -0.117. The first-order valence-electron chi connectivity index (χ1n) is 12.5. The fourth-order valence-electron chi connectivity index (χ4n) is 5.08. The number of fused-ring (bicyclic) bond motifs is 1. The number of benzene rings is 3. The Morgan fingerprint density at radius 2 is 1.71 bits per heavy atom. The molecule has 0 bridgehead atoms. The summed E-state index contributed by atoms with van der Waals surface area (Å²) < 4.78 is 8.33. The van der Waals surface area contributed by atoms with Crippen LogP contribution in [0, 0.1) is 13.8 Å². The van der Waals surface area contributed by atoms with Crippen LogP contribution in [0.15, 0.2) is 66.7 Å². The maximum Gasteiger partial charge on any atom is 0.227 e. The first-order chi connectivity index (χ1) is 16.9. The van der Waals surface area contributed by atoms with Gasteiger partial charge in [0.25, 0.3) is 0 Å². The molecule has 1 amide bonds. The van der Waals surface area contributed by atoms with Crippen molar-refractivity contribution in [2.75, 3.05) is 18.1 Å². The molecular formula is C30H33N3O2. The molecule has 1 fully saturated rings. The summed E-state index contributed by atoms with van der Waals surface area (Å²) in [4.78, 5) is 19.9. The molecule has 4 aromatic rings. The van der Waals surface area contributed by atoms with E-state index in [2.05, 4.69) is 68.7 Å². The highest BCUT2D eigenvalue weighted by molar-refractivity contribution is 5.96. The van der Waals surface area contributed by atoms with Gasteiger partial charge in [0, 0.05) is 24.6 Å². The second-order valence-corrected chi connectivity index (χ2v) is 9.93. The summed E-state index contributed by atoms with van der Waals surface area (Å²) in [6.07, 6.45) is 0.466. The second kappa shape index (κ2) is 9.57. The smallest absolute Gasteiger partial charge is 0.227 e. The third kappa shape index (κ3) is 4.81. The van der Waals surface area contributed by atoms with Crippen molar-refractivity contribution in [3.8, 4) is 5.75 Å². The summed E-state index contributed by atoms with van der Waals surface area (Å²) >= 11 is 0. The van der Waals surface area contributed by atoms with Gasteiger partial charge in [-0.1, -0.05) is 44.2 Å². The number of hydrogen-bond acceptors (Lipinski definition) is 3. The number of aromatic nitrogens is 2. The first-order valence-corrected chi connectivity index (χ1v) is 12.5. The fraction of sp³-hybridized carbons (Fsp3) is 0.333. The van der Waals surface area contributed by atoms with Crippen LogP contribution in [-0.2, 0) is 11.3 Å². The van der Waals surface area contributed by atoms with E-state index in [9.17, 15) is 4.79 Å². The lowest BCUT2D eigenvalue weighted by Crippen LogP contribution is -2.25. The molecular weight excluding hydrogens is 434 g/mol. The van der Waals surface area contributed by atoms with E-state index in [4.69, 9.17) is 9.72 Å². The number of anilines is 1. The van der Waals surface area contributed by atoms with Crippen molar-refractivity contribution < 1.29 is 9.53 Å². The van der Waals surface area contributed by atoms with E-state index < -0.39 is 0 Å². The van der Waals surface area contributed by atoms with Gasteiger partial charge >= 0.3 is 0 Å². The molecule has 5 nitrogen and oxygen atoms in total. The van der Waals surface area contributed by atoms with Crippen LogP contribution in [0.2, 0.25) is 0 Å². The monoisotopic (exact) mass is 467 g/mol. The van der Waals surface area contributed by atoms with Gasteiger partial charge in [-0.15, -0.1) is 0 Å². The molecule has 1 aromatic heterocycles. The number of amides is 1. The molecule has 0 N–H and O–H groups in total. The minimum absolute atomic E-state index is 0.0426. The van der Waals surface area contributed by atoms with E-state index in [0.29, 0.717) is 32.0 Å². The number of hydrogen-bond donors (Lipinski definition) is 0. The Bertz CT molecular complexity index is 1330. The minimum Gasteiger partial charge on any atom is -0.492 e. The molecule has 2 heterocycles. The lowest BCUT2D eigenvalue weighted by Gasteiger charge is -2.19. The zero-order valence-electron chi connectivity index (χ0n) is 21.0. The number of rotatable bonds is 7. The van der Waals surface area contributed by atoms with Crippen molar-refractivity contribution in [2.45, 2.75) is 52.5 Å². The molecule has 180 valence electrons. The summed E-state index contributed by atoms with van der Waals surface area (Å²) in [5, 5.41) is 0. The van der Waals surface area contributed by atoms with Crippen LogP contribution >= 0.6 is 0 Å². The van der Waals surface area contributed by atoms with Crippen molar-refractivity contribution in [3.05, 3.63) is 89.2 Å². The summed E-state index contributed by atoms with van der Waals surface area (Å²) in [5.74, 6) is 2.53. The molecule has 5 rings (SSSR count). The molecule has 0 saturated carbocycles. The molecule has 1 aliphatic rings. The Labute approximate surface area is 207 Å². The quantitative estimate of drug-likeness (QED) is 0.317. The molecule has 5 heteroatoms. The summed E-state index contributed by atoms with van der Waals surface area (Å²) in [5.41, 5.74) is 6.66. The van der Waals surface area contributed by atoms with Crippen molar-refractivity contribution in [1.82, 2.24) is 9.55 Å². The van der Waals surface area contributed by atoms with Crippen LogP contribution in [0.1, 0.15) is 54.6 Å². The Hall–Kier alpha value is -3.60. The van der Waals surface area contributed by atoms with E-state index in [0.717, 1.165) is 28.3 Å². The average molecular weight is 468 g/mol. The normalized spacial score (nSPS) is 16.0. The highest BCUT2D eigenvalue weighted by Crippen LogP contribution is 2.34. The topological polar surface area (TPSA) is 47.4 Å². The minimum atomic E-state index is 0.0426. The number of carbonyl (C=O) groups is 1. The van der Waals surface area contributed by atoms with Crippen LogP contribution in [0.5, 0.6) is 5.75 Å². The molecule has 0 aliphatic carbocycles. The number of ether oxygens (including phenoxy) is 1. The van der Waals surface area contributed by atoms with Crippen LogP contribution < -0.4 is 9.64 Å². The molecule has 1 aliphatic heterocycles. The molecule has 0 radical (unpaired) electrons. The predicted molar refractivity (Wildman–Crippen MR) is 141 cm³/mol. The van der Waals surface area contributed by atoms with Gasteiger partial charge in [0.1, 0.15) is 18.2 Å². The maximum absolute atomic E-state index is 13.0. The van der Waals surface area contributed by atoms with Crippen molar-refractivity contribution in [2.24, 2.45) is 0 Å². The Kier molecular flexibility index (Phi) is 6.33. The van der Waals surface area contributed by atoms with Crippen molar-refractivity contribution >= 4 is 22.6 Å². The second-order valence-electron chi connectivity index (χ2n) is 9.93. The highest BCUT2D eigenvalue weighted by atomic mass is 16.5. The highest BCUT2D eigenvalue weighted by Gasteiger charge is 2.35. The Morgan fingerprint density at radius 3 is 2.43 bits per heavy atom. The van der Waals surface area contributed by atoms with Gasteiger partial charge in [0.05, 0.1) is 17.6 Å². The van der Waals surface area contributed by atoms with Gasteiger partial charge in [-0.3, -0.25) is 4.79 Å². The number of nitrogens with zero attached hydrogens (tertiary/aromatic N) is 3. The van der Waals surface area contributed by atoms with E-state index in [-0.39, 0.29) is 11.8 Å². The standard InChI is InChI=1S/C30H33N3O2/c1-20(2)23-9-11-26(12-10-23)35-14-13-32-28-8-6-5-7-27(28)31-30(32)24-18-29(34)33(19-24)25-16-21(3)15-22(4)17-25/h5-12,15-17,20,24H,13-14,18-19H2,1-4H3. The van der Waals surface area contributed by atoms with Gasteiger partial charge in [-0.2, -0.15) is 0 Å². The lowest BCUT2D eigenvalue weighted by atomic mass is 10.0. The summed E-state index contributed by atoms with van der Waals surface area (Å²) in [6, 6.07) is 22.9. The largest absolute Gasteiger partial charge is 0.492 e. The van der Waals surface area contributed by atoms with Crippen molar-refractivity contribution in [3.63, 3.8) is 0 Å². The van der Waals surface area contributed by atoms with E-state index in [1.165, 1.54) is 16.7 Å². The van der Waals surface area contributed by atoms with Gasteiger partial charge in [0.15, 0.2) is 0 Å². The summed E-state index contributed by atoms with van der Waals surface area (Å²) in [7, 11) is 0. The van der Waals surface area contributed by atoms with E-state index in [1.807, 2.05) is 35.2 Å². The van der Waals surface area contributed by atoms with Gasteiger partial charge < -0.3 is 14.2 Å². The summed E-state index contributed by atoms with van der Waals surface area (Å²) in [6.45, 7) is 10.4. The number of imidazole rings is 1. The van der Waals surface area contributed by atoms with E-state index in [1.54, 1.807) is 0 Å². The Balaban J connectivity index is 1.37. The average Bonchev–Trinajstić information content (AvgIpc) is 3.39. The van der Waals surface area contributed by atoms with Gasteiger partial charge in [0.2, 0.25) is 5.91 Å². The van der Waals surface area contributed by atoms with Gasteiger partial charge in [-0.05, 0) is 72.9 Å². The van der Waals surface area contributed by atoms with Gasteiger partial charge in [-0.25, -0.2) is 4.98 Å². The third-order valence-electron chi connectivity index (χ3n) is 6.82. The molecule has 0 spiro atoms. The number of para-hydroxylation sites is 2. The van der Waals surface area contributed by atoms with Crippen LogP contribution in [0.25, 0.3) is 11.0 Å². The molecule has 1 atom stereocenters. The SMILES string of the molecule is Cc1cc(C)cc(N2CC(c3nc4ccccc4n3CCOc3ccc(C(C)C)cc3)CC2=O)c1. The van der Waals surface area contributed by atoms with Crippen molar-refractivity contribution in [1.29, 1.82) is 0 Å². The fourth-order valence-corrected chi connectivity index (χ4v) is 5.08. The van der Waals surface area contributed by atoms with Crippen LogP contribution in [-0.4, -0.2) is 28.6 Å². The molecule has 35 heavy (non-hydrogen) atoms. The number of carbonyl (C=O) groups excluding carboxylic acids is 1. The van der Waals surface area contributed by atoms with E-state index >= 15 is 0 Å². The molecule has 3 aromatic carbocycles. The molecule has 1 unspecified atom stereocenters. The number of aryl methyl sites for hydroxylation is 2. The van der Waals surface area contributed by atoms with Crippen LogP contribution in [0.3, 0.4) is 0 Å². The zero-order valence-corrected chi connectivity index (χ0v) is 21.0. The maximum atomic E-state index is 13.0. The third-order valence-corrected chi connectivity index (χ3v) is 6.82. The zero-order chi connectivity index (χ0) is 24.5. The Morgan fingerprint density at radius 1 is 1.00 bits per heavy atom. The predicted octanol–water partition coefficient (Wildman–Crippen LogP) is 6.38. The molecule has 1 saturated heterocycles. The first kappa shape index (κ1) is 23.2. The van der Waals surface area contributed by atoms with Crippen LogP contribution in [0.4, 0.5) is 5.69 Å².